The van der Waals surface area contributed by atoms with Crippen LogP contribution < -0.4 is 0 Å². The molecule has 1 saturated carbocycles. The van der Waals surface area contributed by atoms with E-state index in [1.807, 2.05) is 12.1 Å². The highest BCUT2D eigenvalue weighted by molar-refractivity contribution is 5.43. The average molecular weight is 244 g/mol. The second-order valence-electron chi connectivity index (χ2n) is 7.19. The first kappa shape index (κ1) is 12.1. The van der Waals surface area contributed by atoms with Gasteiger partial charge in [-0.3, -0.25) is 0 Å². The maximum Gasteiger partial charge on any atom is 0.115 e. The lowest BCUT2D eigenvalue weighted by molar-refractivity contribution is 0.0406. The lowest BCUT2D eigenvalue weighted by atomic mass is 9.50. The smallest absolute Gasteiger partial charge is 0.115 e. The first-order valence-electron chi connectivity index (χ1n) is 7.26. The van der Waals surface area contributed by atoms with E-state index in [1.165, 1.54) is 43.2 Å². The normalized spacial score (nSPS) is 33.6. The lowest BCUT2D eigenvalue weighted by Crippen LogP contribution is -2.47. The van der Waals surface area contributed by atoms with Gasteiger partial charge in [-0.05, 0) is 65.7 Å². The largest absolute Gasteiger partial charge is 0.508 e. The van der Waals surface area contributed by atoms with Crippen LogP contribution in [0.1, 0.15) is 57.6 Å². The third-order valence-electron chi connectivity index (χ3n) is 5.64. The Labute approximate surface area is 110 Å². The summed E-state index contributed by atoms with van der Waals surface area (Å²) in [4.78, 5) is 0. The van der Waals surface area contributed by atoms with Crippen LogP contribution in [0, 0.1) is 11.3 Å². The molecule has 0 aliphatic heterocycles. The summed E-state index contributed by atoms with van der Waals surface area (Å²) in [6.07, 6.45) is 6.43. The highest BCUT2D eigenvalue weighted by Crippen LogP contribution is 2.57. The number of aryl methyl sites for hydroxylation is 1. The van der Waals surface area contributed by atoms with E-state index in [0.29, 0.717) is 11.2 Å². The molecular weight excluding hydrogens is 220 g/mol. The van der Waals surface area contributed by atoms with E-state index < -0.39 is 0 Å². The van der Waals surface area contributed by atoms with Crippen LogP contribution in [0.25, 0.3) is 0 Å². The van der Waals surface area contributed by atoms with Gasteiger partial charge in [-0.2, -0.15) is 0 Å². The minimum Gasteiger partial charge on any atom is -0.508 e. The highest BCUT2D eigenvalue weighted by Gasteiger charge is 2.49. The Morgan fingerprint density at radius 2 is 1.94 bits per heavy atom. The Balaban J connectivity index is 2.13. The molecule has 1 nitrogen and oxygen atoms in total. The molecule has 0 radical (unpaired) electrons. The van der Waals surface area contributed by atoms with E-state index >= 15 is 0 Å². The van der Waals surface area contributed by atoms with E-state index in [1.54, 1.807) is 0 Å². The fourth-order valence-corrected chi connectivity index (χ4v) is 4.77. The van der Waals surface area contributed by atoms with Crippen molar-refractivity contribution < 1.29 is 5.11 Å². The molecule has 98 valence electrons. The first-order chi connectivity index (χ1) is 8.43. The SMILES string of the molecule is CC1(C)CCCC2(C)c3cc(O)ccc3CCC12. The van der Waals surface area contributed by atoms with Crippen molar-refractivity contribution in [2.24, 2.45) is 11.3 Å². The quantitative estimate of drug-likeness (QED) is 0.716. The number of rotatable bonds is 0. The molecule has 0 saturated heterocycles. The molecule has 2 atom stereocenters. The molecule has 1 N–H and O–H groups in total. The van der Waals surface area contributed by atoms with E-state index in [2.05, 4.69) is 26.8 Å². The predicted molar refractivity (Wildman–Crippen MR) is 74.9 cm³/mol. The van der Waals surface area contributed by atoms with Gasteiger partial charge < -0.3 is 5.11 Å². The van der Waals surface area contributed by atoms with Crippen LogP contribution in [0.5, 0.6) is 5.75 Å². The van der Waals surface area contributed by atoms with Crippen molar-refractivity contribution in [2.45, 2.75) is 58.3 Å². The molecule has 0 amide bonds. The number of benzene rings is 1. The molecule has 18 heavy (non-hydrogen) atoms. The first-order valence-corrected chi connectivity index (χ1v) is 7.26. The van der Waals surface area contributed by atoms with Gasteiger partial charge in [-0.25, -0.2) is 0 Å². The molecule has 0 spiro atoms. The number of hydrogen-bond acceptors (Lipinski definition) is 1. The molecule has 0 bridgehead atoms. The molecule has 2 aliphatic rings. The number of hydrogen-bond donors (Lipinski definition) is 1. The van der Waals surface area contributed by atoms with Gasteiger partial charge in [-0.15, -0.1) is 0 Å². The van der Waals surface area contributed by atoms with Crippen molar-refractivity contribution in [2.75, 3.05) is 0 Å². The maximum absolute atomic E-state index is 9.82. The van der Waals surface area contributed by atoms with Gasteiger partial charge in [0.25, 0.3) is 0 Å². The summed E-state index contributed by atoms with van der Waals surface area (Å²) >= 11 is 0. The second kappa shape index (κ2) is 3.76. The van der Waals surface area contributed by atoms with Gasteiger partial charge in [0.2, 0.25) is 0 Å². The monoisotopic (exact) mass is 244 g/mol. The van der Waals surface area contributed by atoms with Gasteiger partial charge in [0.15, 0.2) is 0 Å². The van der Waals surface area contributed by atoms with E-state index in [-0.39, 0.29) is 5.41 Å². The van der Waals surface area contributed by atoms with Crippen molar-refractivity contribution in [3.63, 3.8) is 0 Å². The van der Waals surface area contributed by atoms with E-state index in [9.17, 15) is 5.11 Å². The lowest BCUT2D eigenvalue weighted by Gasteiger charge is -2.54. The number of aromatic hydroxyl groups is 1. The minimum atomic E-state index is 0.272. The molecule has 3 rings (SSSR count). The summed E-state index contributed by atoms with van der Waals surface area (Å²) in [5, 5.41) is 9.82. The Kier molecular flexibility index (Phi) is 2.52. The summed E-state index contributed by atoms with van der Waals surface area (Å²) in [5.41, 5.74) is 3.60. The van der Waals surface area contributed by atoms with Crippen LogP contribution in [-0.4, -0.2) is 5.11 Å². The summed E-state index contributed by atoms with van der Waals surface area (Å²) < 4.78 is 0. The molecule has 1 aromatic carbocycles. The highest BCUT2D eigenvalue weighted by atomic mass is 16.3. The van der Waals surface area contributed by atoms with Crippen LogP contribution in [-0.2, 0) is 11.8 Å². The second-order valence-corrected chi connectivity index (χ2v) is 7.19. The third kappa shape index (κ3) is 1.60. The average Bonchev–Trinajstić information content (AvgIpc) is 2.29. The summed E-state index contributed by atoms with van der Waals surface area (Å²) in [7, 11) is 0. The van der Waals surface area contributed by atoms with Crippen LogP contribution in [0.15, 0.2) is 18.2 Å². The molecule has 1 heteroatoms. The predicted octanol–water partition coefficient (Wildman–Crippen LogP) is 4.42. The molecule has 0 aromatic heterocycles. The van der Waals surface area contributed by atoms with Gasteiger partial charge in [0.1, 0.15) is 5.75 Å². The zero-order valence-corrected chi connectivity index (χ0v) is 11.8. The van der Waals surface area contributed by atoms with Gasteiger partial charge >= 0.3 is 0 Å². The number of phenolic OH excluding ortho intramolecular Hbond substituents is 1. The van der Waals surface area contributed by atoms with Crippen molar-refractivity contribution in [3.8, 4) is 5.75 Å². The zero-order valence-electron chi connectivity index (χ0n) is 11.8. The van der Waals surface area contributed by atoms with Crippen LogP contribution >= 0.6 is 0 Å². The standard InChI is InChI=1S/C17H24O/c1-16(2)9-4-10-17(3)14-11-13(18)7-5-12(14)6-8-15(16)17/h5,7,11,15,18H,4,6,8-10H2,1-3H3. The maximum atomic E-state index is 9.82. The minimum absolute atomic E-state index is 0.272. The number of phenols is 1. The van der Waals surface area contributed by atoms with Crippen molar-refractivity contribution >= 4 is 0 Å². The fourth-order valence-electron chi connectivity index (χ4n) is 4.77. The molecule has 2 unspecified atom stereocenters. The van der Waals surface area contributed by atoms with Gasteiger partial charge in [-0.1, -0.05) is 33.3 Å². The Bertz CT molecular complexity index is 474. The van der Waals surface area contributed by atoms with Crippen molar-refractivity contribution in [1.82, 2.24) is 0 Å². The molecular formula is C17H24O. The summed E-state index contributed by atoms with van der Waals surface area (Å²) in [6.45, 7) is 7.29. The van der Waals surface area contributed by atoms with Crippen molar-refractivity contribution in [1.29, 1.82) is 0 Å². The van der Waals surface area contributed by atoms with E-state index in [0.717, 1.165) is 5.92 Å². The van der Waals surface area contributed by atoms with Gasteiger partial charge in [0, 0.05) is 0 Å². The number of fused-ring (bicyclic) bond motifs is 3. The van der Waals surface area contributed by atoms with Gasteiger partial charge in [0.05, 0.1) is 0 Å². The summed E-state index contributed by atoms with van der Waals surface area (Å²) in [5.74, 6) is 1.19. The fraction of sp³-hybridized carbons (Fsp3) is 0.647. The Hall–Kier alpha value is -0.980. The Morgan fingerprint density at radius 1 is 1.17 bits per heavy atom. The topological polar surface area (TPSA) is 20.2 Å². The molecule has 0 heterocycles. The van der Waals surface area contributed by atoms with Crippen LogP contribution in [0.3, 0.4) is 0 Å². The molecule has 2 aliphatic carbocycles. The Morgan fingerprint density at radius 3 is 2.72 bits per heavy atom. The van der Waals surface area contributed by atoms with Crippen LogP contribution in [0.4, 0.5) is 0 Å². The van der Waals surface area contributed by atoms with Crippen molar-refractivity contribution in [3.05, 3.63) is 29.3 Å². The molecule has 1 aromatic rings. The third-order valence-corrected chi connectivity index (χ3v) is 5.64. The van der Waals surface area contributed by atoms with E-state index in [4.69, 9.17) is 0 Å². The molecule has 1 fully saturated rings. The zero-order chi connectivity index (χ0) is 13.0. The summed E-state index contributed by atoms with van der Waals surface area (Å²) in [6, 6.07) is 6.01. The van der Waals surface area contributed by atoms with Crippen LogP contribution in [0.2, 0.25) is 0 Å².